The van der Waals surface area contributed by atoms with Gasteiger partial charge in [0.25, 0.3) is 0 Å². The maximum Gasteiger partial charge on any atom is 0.0767 e. The molecule has 1 rings (SSSR count). The molecule has 2 atom stereocenters. The van der Waals surface area contributed by atoms with E-state index in [0.717, 1.165) is 18.4 Å². The Morgan fingerprint density at radius 1 is 1.24 bits per heavy atom. The molecule has 0 aromatic heterocycles. The average Bonchev–Trinajstić information content (AvgIpc) is 2.31. The van der Waals surface area contributed by atoms with Crippen LogP contribution in [0.2, 0.25) is 10.0 Å². The highest BCUT2D eigenvalue weighted by Gasteiger charge is 2.19. The van der Waals surface area contributed by atoms with E-state index in [4.69, 9.17) is 33.7 Å². The van der Waals surface area contributed by atoms with E-state index in [1.165, 1.54) is 0 Å². The van der Waals surface area contributed by atoms with Gasteiger partial charge in [-0.3, -0.25) is 0 Å². The van der Waals surface area contributed by atoms with Crippen LogP contribution in [0.1, 0.15) is 38.3 Å². The van der Waals surface area contributed by atoms with Crippen LogP contribution in [0.25, 0.3) is 0 Å². The van der Waals surface area contributed by atoms with Crippen molar-refractivity contribution in [1.29, 1.82) is 0 Å². The standard InChI is InChI=1S/C13H19Cl2NO/c1-3-5-12(17-4-2)13(16)9-6-7-10(14)11(15)8-9/h6-8,12-13H,3-5,16H2,1-2H3. The van der Waals surface area contributed by atoms with E-state index in [9.17, 15) is 0 Å². The molecule has 2 unspecified atom stereocenters. The molecule has 0 heterocycles. The van der Waals surface area contributed by atoms with Crippen molar-refractivity contribution in [3.8, 4) is 0 Å². The van der Waals surface area contributed by atoms with Gasteiger partial charge in [0.05, 0.1) is 22.2 Å². The smallest absolute Gasteiger partial charge is 0.0767 e. The molecule has 1 aromatic rings. The highest BCUT2D eigenvalue weighted by Crippen LogP contribution is 2.27. The van der Waals surface area contributed by atoms with Gasteiger partial charge in [-0.15, -0.1) is 0 Å². The molecular formula is C13H19Cl2NO. The lowest BCUT2D eigenvalue weighted by molar-refractivity contribution is 0.0374. The highest BCUT2D eigenvalue weighted by molar-refractivity contribution is 6.42. The lowest BCUT2D eigenvalue weighted by atomic mass is 9.99. The molecule has 0 bridgehead atoms. The maximum atomic E-state index is 6.20. The van der Waals surface area contributed by atoms with Crippen LogP contribution in [0, 0.1) is 0 Å². The summed E-state index contributed by atoms with van der Waals surface area (Å²) < 4.78 is 5.67. The van der Waals surface area contributed by atoms with E-state index in [0.29, 0.717) is 16.7 Å². The van der Waals surface area contributed by atoms with Crippen molar-refractivity contribution in [3.05, 3.63) is 33.8 Å². The number of hydrogen-bond acceptors (Lipinski definition) is 2. The lowest BCUT2D eigenvalue weighted by Gasteiger charge is -2.24. The number of ether oxygens (including phenoxy) is 1. The molecule has 2 nitrogen and oxygen atoms in total. The van der Waals surface area contributed by atoms with E-state index in [1.54, 1.807) is 6.07 Å². The van der Waals surface area contributed by atoms with Gasteiger partial charge in [-0.05, 0) is 31.0 Å². The van der Waals surface area contributed by atoms with Crippen LogP contribution >= 0.6 is 23.2 Å². The van der Waals surface area contributed by atoms with Crippen molar-refractivity contribution in [3.63, 3.8) is 0 Å². The first kappa shape index (κ1) is 14.8. The van der Waals surface area contributed by atoms with Gasteiger partial charge in [-0.25, -0.2) is 0 Å². The molecule has 4 heteroatoms. The van der Waals surface area contributed by atoms with Crippen LogP contribution in [0.3, 0.4) is 0 Å². The molecule has 0 amide bonds. The summed E-state index contributed by atoms with van der Waals surface area (Å²) in [6, 6.07) is 5.33. The summed E-state index contributed by atoms with van der Waals surface area (Å²) in [7, 11) is 0. The van der Waals surface area contributed by atoms with Crippen molar-refractivity contribution >= 4 is 23.2 Å². The summed E-state index contributed by atoms with van der Waals surface area (Å²) >= 11 is 11.9. The minimum absolute atomic E-state index is 0.0299. The van der Waals surface area contributed by atoms with Crippen LogP contribution in [-0.2, 0) is 4.74 Å². The molecule has 17 heavy (non-hydrogen) atoms. The zero-order chi connectivity index (χ0) is 12.8. The Kier molecular flexibility index (Phi) is 6.28. The van der Waals surface area contributed by atoms with Gasteiger partial charge in [0.1, 0.15) is 0 Å². The summed E-state index contributed by atoms with van der Waals surface area (Å²) in [6.45, 7) is 4.76. The Morgan fingerprint density at radius 2 is 1.94 bits per heavy atom. The minimum Gasteiger partial charge on any atom is -0.377 e. The van der Waals surface area contributed by atoms with E-state index in [1.807, 2.05) is 19.1 Å². The normalized spacial score (nSPS) is 14.6. The Labute approximate surface area is 113 Å². The van der Waals surface area contributed by atoms with Crippen molar-refractivity contribution in [2.75, 3.05) is 6.61 Å². The van der Waals surface area contributed by atoms with E-state index in [-0.39, 0.29) is 12.1 Å². The fourth-order valence-electron chi connectivity index (χ4n) is 1.80. The van der Waals surface area contributed by atoms with Crippen LogP contribution in [0.4, 0.5) is 0 Å². The second-order valence-electron chi connectivity index (χ2n) is 3.98. The Balaban J connectivity index is 2.84. The van der Waals surface area contributed by atoms with Crippen molar-refractivity contribution in [2.24, 2.45) is 5.73 Å². The van der Waals surface area contributed by atoms with Crippen molar-refractivity contribution in [1.82, 2.24) is 0 Å². The summed E-state index contributed by atoms with van der Waals surface area (Å²) in [5, 5.41) is 1.08. The molecular weight excluding hydrogens is 257 g/mol. The summed E-state index contributed by atoms with van der Waals surface area (Å²) in [5.41, 5.74) is 7.17. The molecule has 0 aliphatic carbocycles. The number of nitrogens with two attached hydrogens (primary N) is 1. The zero-order valence-corrected chi connectivity index (χ0v) is 11.8. The van der Waals surface area contributed by atoms with Gasteiger partial charge < -0.3 is 10.5 Å². The molecule has 2 N–H and O–H groups in total. The zero-order valence-electron chi connectivity index (χ0n) is 10.2. The molecule has 0 fully saturated rings. The van der Waals surface area contributed by atoms with Crippen LogP contribution in [-0.4, -0.2) is 12.7 Å². The topological polar surface area (TPSA) is 35.2 Å². The average molecular weight is 276 g/mol. The number of benzene rings is 1. The highest BCUT2D eigenvalue weighted by atomic mass is 35.5. The summed E-state index contributed by atoms with van der Waals surface area (Å²) in [6.07, 6.45) is 2.01. The van der Waals surface area contributed by atoms with E-state index >= 15 is 0 Å². The third-order valence-electron chi connectivity index (χ3n) is 2.68. The molecule has 0 spiro atoms. The number of rotatable bonds is 6. The molecule has 0 radical (unpaired) electrons. The largest absolute Gasteiger partial charge is 0.377 e. The Hall–Kier alpha value is -0.280. The van der Waals surface area contributed by atoms with Gasteiger partial charge in [0.15, 0.2) is 0 Å². The second-order valence-corrected chi connectivity index (χ2v) is 4.80. The predicted molar refractivity (Wildman–Crippen MR) is 73.7 cm³/mol. The molecule has 96 valence electrons. The Bertz CT molecular complexity index is 351. The first-order chi connectivity index (χ1) is 8.10. The Morgan fingerprint density at radius 3 is 2.47 bits per heavy atom. The third kappa shape index (κ3) is 4.14. The lowest BCUT2D eigenvalue weighted by Crippen LogP contribution is -2.29. The molecule has 1 aromatic carbocycles. The molecule has 0 aliphatic heterocycles. The predicted octanol–water partition coefficient (Wildman–Crippen LogP) is 4.20. The van der Waals surface area contributed by atoms with Gasteiger partial charge in [-0.2, -0.15) is 0 Å². The van der Waals surface area contributed by atoms with E-state index in [2.05, 4.69) is 6.92 Å². The van der Waals surface area contributed by atoms with Gasteiger partial charge in [0, 0.05) is 6.61 Å². The van der Waals surface area contributed by atoms with Crippen LogP contribution in [0.15, 0.2) is 18.2 Å². The van der Waals surface area contributed by atoms with Crippen molar-refractivity contribution < 1.29 is 4.74 Å². The fraction of sp³-hybridized carbons (Fsp3) is 0.538. The van der Waals surface area contributed by atoms with Crippen LogP contribution in [0.5, 0.6) is 0 Å². The SMILES string of the molecule is CCCC(OCC)C(N)c1ccc(Cl)c(Cl)c1. The van der Waals surface area contributed by atoms with Crippen molar-refractivity contribution in [2.45, 2.75) is 38.8 Å². The molecule has 0 aliphatic rings. The first-order valence-corrected chi connectivity index (χ1v) is 6.67. The third-order valence-corrected chi connectivity index (χ3v) is 3.42. The molecule has 0 saturated heterocycles. The second kappa shape index (κ2) is 7.22. The van der Waals surface area contributed by atoms with E-state index < -0.39 is 0 Å². The number of halogens is 2. The first-order valence-electron chi connectivity index (χ1n) is 5.92. The van der Waals surface area contributed by atoms with Gasteiger partial charge in [-0.1, -0.05) is 42.6 Å². The summed E-state index contributed by atoms with van der Waals surface area (Å²) in [4.78, 5) is 0. The fourth-order valence-corrected chi connectivity index (χ4v) is 2.11. The van der Waals surface area contributed by atoms with Gasteiger partial charge >= 0.3 is 0 Å². The molecule has 0 saturated carbocycles. The maximum absolute atomic E-state index is 6.20. The minimum atomic E-state index is -0.162. The monoisotopic (exact) mass is 275 g/mol. The summed E-state index contributed by atoms with van der Waals surface area (Å²) in [5.74, 6) is 0. The quantitative estimate of drug-likeness (QED) is 0.845. The number of hydrogen-bond donors (Lipinski definition) is 1. The van der Waals surface area contributed by atoms with Crippen LogP contribution < -0.4 is 5.73 Å². The van der Waals surface area contributed by atoms with Gasteiger partial charge in [0.2, 0.25) is 0 Å².